The zero-order valence-electron chi connectivity index (χ0n) is 11.5. The van der Waals surface area contributed by atoms with E-state index in [0.29, 0.717) is 0 Å². The standard InChI is InChI=1S/C16H21NOS/c1-12-6-8-17(9-7-12)16(18)14-4-5-15-13(11-14)3-2-10-19-15/h4-5,11-12H,2-3,6-10H2,1H3. The molecule has 0 bridgehead atoms. The van der Waals surface area contributed by atoms with Crippen LogP contribution in [0.25, 0.3) is 0 Å². The summed E-state index contributed by atoms with van der Waals surface area (Å²) in [4.78, 5) is 15.9. The molecule has 1 fully saturated rings. The molecule has 0 saturated carbocycles. The molecule has 1 aromatic carbocycles. The highest BCUT2D eigenvalue weighted by Gasteiger charge is 2.22. The van der Waals surface area contributed by atoms with E-state index >= 15 is 0 Å². The fourth-order valence-electron chi connectivity index (χ4n) is 2.89. The predicted molar refractivity (Wildman–Crippen MR) is 79.8 cm³/mol. The van der Waals surface area contributed by atoms with Gasteiger partial charge in [0.05, 0.1) is 0 Å². The van der Waals surface area contributed by atoms with Gasteiger partial charge in [0.25, 0.3) is 5.91 Å². The minimum Gasteiger partial charge on any atom is -0.339 e. The van der Waals surface area contributed by atoms with Gasteiger partial charge in [0.15, 0.2) is 0 Å². The SMILES string of the molecule is CC1CCN(C(=O)c2ccc3c(c2)CCCS3)CC1. The largest absolute Gasteiger partial charge is 0.339 e. The number of nitrogens with zero attached hydrogens (tertiary/aromatic N) is 1. The van der Waals surface area contributed by atoms with E-state index in [0.717, 1.165) is 43.8 Å². The number of fused-ring (bicyclic) bond motifs is 1. The summed E-state index contributed by atoms with van der Waals surface area (Å²) in [6.07, 6.45) is 4.65. The minimum absolute atomic E-state index is 0.227. The Morgan fingerprint density at radius 2 is 2.11 bits per heavy atom. The number of hydrogen-bond donors (Lipinski definition) is 0. The van der Waals surface area contributed by atoms with Crippen LogP contribution >= 0.6 is 11.8 Å². The minimum atomic E-state index is 0.227. The van der Waals surface area contributed by atoms with Gasteiger partial charge in [-0.2, -0.15) is 0 Å². The lowest BCUT2D eigenvalue weighted by atomic mass is 9.98. The van der Waals surface area contributed by atoms with Crippen molar-refractivity contribution in [3.05, 3.63) is 29.3 Å². The first-order valence-corrected chi connectivity index (χ1v) is 8.27. The van der Waals surface area contributed by atoms with E-state index < -0.39 is 0 Å². The van der Waals surface area contributed by atoms with Gasteiger partial charge < -0.3 is 4.90 Å². The maximum absolute atomic E-state index is 12.5. The van der Waals surface area contributed by atoms with Crippen molar-refractivity contribution in [1.29, 1.82) is 0 Å². The van der Waals surface area contributed by atoms with Gasteiger partial charge in [0, 0.05) is 23.5 Å². The van der Waals surface area contributed by atoms with Gasteiger partial charge >= 0.3 is 0 Å². The van der Waals surface area contributed by atoms with Crippen molar-refractivity contribution >= 4 is 17.7 Å². The average molecular weight is 275 g/mol. The van der Waals surface area contributed by atoms with Crippen LogP contribution in [0.4, 0.5) is 0 Å². The van der Waals surface area contributed by atoms with Crippen LogP contribution in [0, 0.1) is 5.92 Å². The molecule has 0 aliphatic carbocycles. The summed E-state index contributed by atoms with van der Waals surface area (Å²) < 4.78 is 0. The monoisotopic (exact) mass is 275 g/mol. The van der Waals surface area contributed by atoms with Crippen LogP contribution < -0.4 is 0 Å². The summed E-state index contributed by atoms with van der Waals surface area (Å²) in [7, 11) is 0. The van der Waals surface area contributed by atoms with Crippen molar-refractivity contribution in [2.75, 3.05) is 18.8 Å². The highest BCUT2D eigenvalue weighted by molar-refractivity contribution is 7.99. The van der Waals surface area contributed by atoms with Crippen molar-refractivity contribution in [1.82, 2.24) is 4.90 Å². The lowest BCUT2D eigenvalue weighted by Gasteiger charge is -2.30. The second-order valence-corrected chi connectivity index (χ2v) is 6.89. The third-order valence-corrected chi connectivity index (χ3v) is 5.43. The summed E-state index contributed by atoms with van der Waals surface area (Å²) in [5.41, 5.74) is 2.25. The van der Waals surface area contributed by atoms with Crippen LogP contribution in [0.5, 0.6) is 0 Å². The molecule has 2 heterocycles. The Kier molecular flexibility index (Phi) is 3.83. The van der Waals surface area contributed by atoms with E-state index in [1.807, 2.05) is 22.7 Å². The number of benzene rings is 1. The molecule has 2 aliphatic heterocycles. The number of carbonyl (C=O) groups excluding carboxylic acids is 1. The molecule has 0 atom stereocenters. The van der Waals surface area contributed by atoms with Crippen molar-refractivity contribution in [3.8, 4) is 0 Å². The fraction of sp³-hybridized carbons (Fsp3) is 0.562. The summed E-state index contributed by atoms with van der Waals surface area (Å²) in [6.45, 7) is 4.12. The number of likely N-dealkylation sites (tertiary alicyclic amines) is 1. The number of thioether (sulfide) groups is 1. The maximum atomic E-state index is 12.5. The Balaban J connectivity index is 1.76. The van der Waals surface area contributed by atoms with Crippen molar-refractivity contribution in [3.63, 3.8) is 0 Å². The second-order valence-electron chi connectivity index (χ2n) is 5.75. The average Bonchev–Trinajstić information content (AvgIpc) is 2.47. The summed E-state index contributed by atoms with van der Waals surface area (Å²) in [5.74, 6) is 2.21. The molecule has 3 rings (SSSR count). The molecule has 1 saturated heterocycles. The number of amides is 1. The van der Waals surface area contributed by atoms with Crippen LogP contribution in [0.15, 0.2) is 23.1 Å². The molecular weight excluding hydrogens is 254 g/mol. The van der Waals surface area contributed by atoms with E-state index in [1.165, 1.54) is 22.6 Å². The van der Waals surface area contributed by atoms with Crippen LogP contribution in [-0.2, 0) is 6.42 Å². The molecule has 19 heavy (non-hydrogen) atoms. The first-order valence-electron chi connectivity index (χ1n) is 7.29. The lowest BCUT2D eigenvalue weighted by molar-refractivity contribution is 0.0697. The highest BCUT2D eigenvalue weighted by atomic mass is 32.2. The zero-order valence-corrected chi connectivity index (χ0v) is 12.3. The quantitative estimate of drug-likeness (QED) is 0.780. The van der Waals surface area contributed by atoms with Gasteiger partial charge in [-0.3, -0.25) is 4.79 Å². The third kappa shape index (κ3) is 2.81. The molecule has 2 nitrogen and oxygen atoms in total. The number of piperidine rings is 1. The Hall–Kier alpha value is -0.960. The second kappa shape index (κ2) is 5.58. The van der Waals surface area contributed by atoms with Crippen LogP contribution in [0.1, 0.15) is 42.1 Å². The first kappa shape index (κ1) is 13.0. The zero-order chi connectivity index (χ0) is 13.2. The number of carbonyl (C=O) groups is 1. The lowest BCUT2D eigenvalue weighted by Crippen LogP contribution is -2.37. The fourth-order valence-corrected chi connectivity index (χ4v) is 3.91. The van der Waals surface area contributed by atoms with Gasteiger partial charge in [0.2, 0.25) is 0 Å². The molecule has 0 unspecified atom stereocenters. The Morgan fingerprint density at radius 3 is 2.89 bits per heavy atom. The number of rotatable bonds is 1. The van der Waals surface area contributed by atoms with Gasteiger partial charge in [-0.15, -0.1) is 11.8 Å². The first-order chi connectivity index (χ1) is 9.24. The van der Waals surface area contributed by atoms with Gasteiger partial charge in [-0.25, -0.2) is 0 Å². The maximum Gasteiger partial charge on any atom is 0.253 e. The summed E-state index contributed by atoms with van der Waals surface area (Å²) in [6, 6.07) is 6.28. The van der Waals surface area contributed by atoms with E-state index in [4.69, 9.17) is 0 Å². The molecule has 3 heteroatoms. The van der Waals surface area contributed by atoms with Crippen molar-refractivity contribution in [2.45, 2.75) is 37.5 Å². The molecule has 1 amide bonds. The number of hydrogen-bond acceptors (Lipinski definition) is 2. The van der Waals surface area contributed by atoms with Gasteiger partial charge in [-0.05, 0) is 61.1 Å². The molecular formula is C16H21NOS. The topological polar surface area (TPSA) is 20.3 Å². The molecule has 0 spiro atoms. The Bertz CT molecular complexity index is 478. The van der Waals surface area contributed by atoms with E-state index in [2.05, 4.69) is 19.1 Å². The Morgan fingerprint density at radius 1 is 1.32 bits per heavy atom. The van der Waals surface area contributed by atoms with E-state index in [-0.39, 0.29) is 5.91 Å². The normalized spacial score (nSPS) is 20.2. The van der Waals surface area contributed by atoms with E-state index in [9.17, 15) is 4.79 Å². The van der Waals surface area contributed by atoms with E-state index in [1.54, 1.807) is 0 Å². The van der Waals surface area contributed by atoms with Crippen molar-refractivity contribution in [2.24, 2.45) is 5.92 Å². The molecule has 0 radical (unpaired) electrons. The van der Waals surface area contributed by atoms with Crippen LogP contribution in [0.3, 0.4) is 0 Å². The Labute approximate surface area is 119 Å². The predicted octanol–water partition coefficient (Wildman–Crippen LogP) is 3.60. The van der Waals surface area contributed by atoms with Crippen molar-refractivity contribution < 1.29 is 4.79 Å². The summed E-state index contributed by atoms with van der Waals surface area (Å²) in [5, 5.41) is 0. The van der Waals surface area contributed by atoms with Crippen LogP contribution in [-0.4, -0.2) is 29.6 Å². The van der Waals surface area contributed by atoms with Gasteiger partial charge in [-0.1, -0.05) is 6.92 Å². The van der Waals surface area contributed by atoms with Gasteiger partial charge in [0.1, 0.15) is 0 Å². The third-order valence-electron chi connectivity index (χ3n) is 4.23. The smallest absolute Gasteiger partial charge is 0.253 e. The van der Waals surface area contributed by atoms with Crippen LogP contribution in [0.2, 0.25) is 0 Å². The molecule has 0 N–H and O–H groups in total. The number of aryl methyl sites for hydroxylation is 1. The molecule has 1 aromatic rings. The molecule has 102 valence electrons. The molecule has 2 aliphatic rings. The molecule has 0 aromatic heterocycles. The highest BCUT2D eigenvalue weighted by Crippen LogP contribution is 2.31. The summed E-state index contributed by atoms with van der Waals surface area (Å²) >= 11 is 1.92.